The number of nitrogens with zero attached hydrogens (tertiary/aromatic N) is 2. The molecule has 5 heteroatoms. The molecule has 5 nitrogen and oxygen atoms in total. The van der Waals surface area contributed by atoms with Gasteiger partial charge >= 0.3 is 6.09 Å². The Balaban J connectivity index is 0.000000514. The second-order valence-electron chi connectivity index (χ2n) is 10.8. The monoisotopic (exact) mass is 477 g/mol. The Kier molecular flexibility index (Phi) is 9.22. The van der Waals surface area contributed by atoms with Crippen LogP contribution in [0, 0.1) is 25.7 Å². The Bertz CT molecular complexity index is 902. The molecule has 2 N–H and O–H groups in total. The van der Waals surface area contributed by atoms with E-state index in [1.54, 1.807) is 0 Å². The molecule has 2 saturated heterocycles. The Morgan fingerprint density at radius 3 is 1.94 bits per heavy atom. The van der Waals surface area contributed by atoms with Crippen molar-refractivity contribution in [3.63, 3.8) is 0 Å². The van der Waals surface area contributed by atoms with Gasteiger partial charge in [0.15, 0.2) is 0 Å². The lowest BCUT2D eigenvalue weighted by Gasteiger charge is -2.24. The number of nitrogens with one attached hydrogen (secondary N) is 1. The number of hydrogen-bond acceptors (Lipinski definition) is 3. The van der Waals surface area contributed by atoms with E-state index >= 15 is 0 Å². The molecular formula is C30H43N3O2. The minimum absolute atomic E-state index is 0.148. The molecule has 3 fully saturated rings. The van der Waals surface area contributed by atoms with E-state index in [2.05, 4.69) is 47.2 Å². The van der Waals surface area contributed by atoms with Gasteiger partial charge in [-0.25, -0.2) is 4.79 Å². The van der Waals surface area contributed by atoms with E-state index in [0.29, 0.717) is 0 Å². The number of hydrogen-bond donors (Lipinski definition) is 2. The summed E-state index contributed by atoms with van der Waals surface area (Å²) in [5.74, 6) is 1.47. The average molecular weight is 478 g/mol. The van der Waals surface area contributed by atoms with Crippen LogP contribution in [0.4, 0.5) is 4.79 Å². The number of amides is 1. The molecule has 2 heterocycles. The maximum absolute atomic E-state index is 11.2. The minimum atomic E-state index is -0.954. The van der Waals surface area contributed by atoms with E-state index < -0.39 is 6.09 Å². The summed E-state index contributed by atoms with van der Waals surface area (Å²) in [5, 5.41) is 11.9. The third-order valence-electron chi connectivity index (χ3n) is 8.15. The van der Waals surface area contributed by atoms with Gasteiger partial charge < -0.3 is 15.3 Å². The number of fused-ring (bicyclic) bond motifs is 1. The molecule has 0 bridgehead atoms. The topological polar surface area (TPSA) is 55.8 Å². The Hall–Kier alpha value is -2.37. The summed E-state index contributed by atoms with van der Waals surface area (Å²) in [6, 6.07) is 16.3. The van der Waals surface area contributed by atoms with E-state index in [0.717, 1.165) is 50.0 Å². The van der Waals surface area contributed by atoms with Crippen LogP contribution >= 0.6 is 0 Å². The molecule has 2 aromatic rings. The molecule has 0 spiro atoms. The first kappa shape index (κ1) is 25.7. The molecule has 0 aromatic heterocycles. The van der Waals surface area contributed by atoms with Gasteiger partial charge in [-0.05, 0) is 54.4 Å². The lowest BCUT2D eigenvalue weighted by Crippen LogP contribution is -2.33. The van der Waals surface area contributed by atoms with Gasteiger partial charge in [-0.1, -0.05) is 80.6 Å². The highest BCUT2D eigenvalue weighted by Crippen LogP contribution is 2.33. The summed E-state index contributed by atoms with van der Waals surface area (Å²) < 4.78 is 0. The van der Waals surface area contributed by atoms with Crippen molar-refractivity contribution in [2.45, 2.75) is 65.0 Å². The number of likely N-dealkylation sites (tertiary alicyclic amines) is 2. The van der Waals surface area contributed by atoms with Crippen molar-refractivity contribution in [2.24, 2.45) is 11.8 Å². The highest BCUT2D eigenvalue weighted by Gasteiger charge is 2.39. The zero-order valence-corrected chi connectivity index (χ0v) is 21.6. The fraction of sp³-hybridized carbons (Fsp3) is 0.567. The summed E-state index contributed by atoms with van der Waals surface area (Å²) in [5.41, 5.74) is 5.32. The van der Waals surface area contributed by atoms with Gasteiger partial charge in [-0.15, -0.1) is 0 Å². The van der Waals surface area contributed by atoms with Gasteiger partial charge in [-0.2, -0.15) is 0 Å². The third kappa shape index (κ3) is 7.31. The smallest absolute Gasteiger partial charge is 0.405 e. The maximum atomic E-state index is 11.2. The van der Waals surface area contributed by atoms with Crippen LogP contribution < -0.4 is 5.32 Å². The van der Waals surface area contributed by atoms with Crippen molar-refractivity contribution in [1.29, 1.82) is 0 Å². The molecule has 0 radical (unpaired) electrons. The summed E-state index contributed by atoms with van der Waals surface area (Å²) in [4.78, 5) is 16.4. The highest BCUT2D eigenvalue weighted by molar-refractivity contribution is 5.65. The fourth-order valence-corrected chi connectivity index (χ4v) is 6.17. The number of carboxylic acid groups (broad SMARTS) is 1. The van der Waals surface area contributed by atoms with Crippen LogP contribution in [0.5, 0.6) is 0 Å². The molecule has 1 saturated carbocycles. The zero-order chi connectivity index (χ0) is 24.6. The molecule has 5 rings (SSSR count). The second kappa shape index (κ2) is 12.5. The van der Waals surface area contributed by atoms with Crippen LogP contribution in [-0.4, -0.2) is 53.7 Å². The third-order valence-corrected chi connectivity index (χ3v) is 8.15. The van der Waals surface area contributed by atoms with Crippen LogP contribution in [-0.2, 0) is 6.54 Å². The Morgan fingerprint density at radius 1 is 0.857 bits per heavy atom. The number of rotatable bonds is 7. The lowest BCUT2D eigenvalue weighted by atomic mass is 10.0. The van der Waals surface area contributed by atoms with E-state index in [1.165, 1.54) is 61.9 Å². The molecule has 3 atom stereocenters. The van der Waals surface area contributed by atoms with Gasteiger partial charge in [0.05, 0.1) is 6.04 Å². The van der Waals surface area contributed by atoms with Crippen LogP contribution in [0.15, 0.2) is 48.5 Å². The molecular weight excluding hydrogens is 434 g/mol. The van der Waals surface area contributed by atoms with Crippen molar-refractivity contribution in [3.8, 4) is 0 Å². The predicted molar refractivity (Wildman–Crippen MR) is 143 cm³/mol. The Morgan fingerprint density at radius 2 is 1.40 bits per heavy atom. The second-order valence-corrected chi connectivity index (χ2v) is 10.8. The molecule has 2 unspecified atom stereocenters. The van der Waals surface area contributed by atoms with Gasteiger partial charge in [0.25, 0.3) is 0 Å². The normalized spacial score (nSPS) is 22.9. The van der Waals surface area contributed by atoms with Gasteiger partial charge in [0.1, 0.15) is 0 Å². The first-order valence-electron chi connectivity index (χ1n) is 13.5. The molecule has 190 valence electrons. The van der Waals surface area contributed by atoms with E-state index in [1.807, 2.05) is 30.3 Å². The van der Waals surface area contributed by atoms with Crippen molar-refractivity contribution >= 4 is 6.09 Å². The fourth-order valence-electron chi connectivity index (χ4n) is 6.17. The molecule has 2 aliphatic heterocycles. The number of benzene rings is 2. The van der Waals surface area contributed by atoms with Crippen molar-refractivity contribution in [2.75, 3.05) is 32.7 Å². The first-order valence-corrected chi connectivity index (χ1v) is 13.5. The number of aryl methyl sites for hydroxylation is 2. The average Bonchev–Trinajstić information content (AvgIpc) is 3.59. The van der Waals surface area contributed by atoms with Crippen molar-refractivity contribution < 1.29 is 9.90 Å². The predicted octanol–water partition coefficient (Wildman–Crippen LogP) is 6.02. The maximum Gasteiger partial charge on any atom is 0.405 e. The SMILES string of the molecule is C1CCCC1.Cc1cccc(C)c1CN1CC2CN(CCC(NC(=O)O)c3ccccc3)C[C@H]2C1. The minimum Gasteiger partial charge on any atom is -0.465 e. The molecule has 1 amide bonds. The summed E-state index contributed by atoms with van der Waals surface area (Å²) >= 11 is 0. The molecule has 3 aliphatic rings. The molecule has 2 aromatic carbocycles. The number of carbonyl (C=O) groups is 1. The van der Waals surface area contributed by atoms with Crippen LogP contribution in [0.3, 0.4) is 0 Å². The highest BCUT2D eigenvalue weighted by atomic mass is 16.4. The quantitative estimate of drug-likeness (QED) is 0.512. The van der Waals surface area contributed by atoms with Gasteiger partial charge in [0, 0.05) is 39.3 Å². The van der Waals surface area contributed by atoms with E-state index in [9.17, 15) is 9.90 Å². The summed E-state index contributed by atoms with van der Waals surface area (Å²) in [6.07, 6.45) is 7.35. The molecule has 35 heavy (non-hydrogen) atoms. The van der Waals surface area contributed by atoms with Crippen LogP contribution in [0.1, 0.15) is 66.8 Å². The van der Waals surface area contributed by atoms with Gasteiger partial charge in [0.2, 0.25) is 0 Å². The Labute approximate surface area is 211 Å². The van der Waals surface area contributed by atoms with Gasteiger partial charge in [-0.3, -0.25) is 4.90 Å². The van der Waals surface area contributed by atoms with Crippen LogP contribution in [0.25, 0.3) is 0 Å². The summed E-state index contributed by atoms with van der Waals surface area (Å²) in [7, 11) is 0. The summed E-state index contributed by atoms with van der Waals surface area (Å²) in [6.45, 7) is 11.0. The largest absolute Gasteiger partial charge is 0.465 e. The van der Waals surface area contributed by atoms with Crippen LogP contribution in [0.2, 0.25) is 0 Å². The standard InChI is InChI=1S/C25H33N3O2.C5H10/c1-18-7-6-8-19(2)23(18)17-28-15-21-13-27(14-22(21)16-28)12-11-24(26-25(29)30)20-9-4-3-5-10-20;1-2-4-5-3-1/h3-10,21-22,24,26H,11-17H2,1-2H3,(H,29,30);1-5H2/t21-,22?,24?;/m0./s1. The lowest BCUT2D eigenvalue weighted by molar-refractivity contribution is 0.186. The zero-order valence-electron chi connectivity index (χ0n) is 21.6. The van der Waals surface area contributed by atoms with E-state index in [4.69, 9.17) is 0 Å². The van der Waals surface area contributed by atoms with Crippen molar-refractivity contribution in [1.82, 2.24) is 15.1 Å². The first-order chi connectivity index (χ1) is 17.0. The molecule has 1 aliphatic carbocycles. The van der Waals surface area contributed by atoms with E-state index in [-0.39, 0.29) is 6.04 Å². The van der Waals surface area contributed by atoms with Crippen molar-refractivity contribution in [3.05, 3.63) is 70.8 Å².